The van der Waals surface area contributed by atoms with Crippen molar-refractivity contribution in [2.75, 3.05) is 54.5 Å². The largest absolute Gasteiger partial charge is 0.492 e. The molecule has 1 heterocycles. The average molecular weight is 537 g/mol. The van der Waals surface area contributed by atoms with Gasteiger partial charge in [-0.3, -0.25) is 9.59 Å². The number of aromatic nitrogens is 2. The van der Waals surface area contributed by atoms with E-state index in [0.29, 0.717) is 13.2 Å². The number of nitrogens with zero attached hydrogens (tertiary/aromatic N) is 2. The van der Waals surface area contributed by atoms with Gasteiger partial charge >= 0.3 is 0 Å². The molecule has 0 saturated carbocycles. The van der Waals surface area contributed by atoms with Crippen molar-refractivity contribution in [3.05, 3.63) is 91.1 Å². The fraction of sp³-hybridized carbons (Fsp3) is 0.308. The molecule has 0 atom stereocenters. The zero-order chi connectivity index (χ0) is 24.5. The highest BCUT2D eigenvalue weighted by Crippen LogP contribution is 2.13. The summed E-state index contributed by atoms with van der Waals surface area (Å²) in [6.07, 6.45) is 3.26. The summed E-state index contributed by atoms with van der Waals surface area (Å²) in [4.78, 5) is 34.5. The van der Waals surface area contributed by atoms with E-state index in [1.165, 1.54) is 0 Å². The summed E-state index contributed by atoms with van der Waals surface area (Å²) in [5.74, 6) is 1.50. The standard InChI is InChI=1S/C26H32N4O4.2ClH/c1-29(2)13-15-33-21-9-5-19(6-10-21)17-23-25(31)28-24(26(32)27-23)18-20-7-11-22(12-8-20)34-16-14-30(3)4;;/h5-12,17-18H,13-16H2,1-4H3,(H,27,32)(H,28,31);2*1H. The van der Waals surface area contributed by atoms with Gasteiger partial charge in [-0.1, -0.05) is 24.3 Å². The van der Waals surface area contributed by atoms with Crippen LogP contribution in [0.1, 0.15) is 11.1 Å². The summed E-state index contributed by atoms with van der Waals surface area (Å²) >= 11 is 0. The minimum Gasteiger partial charge on any atom is -0.492 e. The zero-order valence-electron chi connectivity index (χ0n) is 20.9. The second-order valence-corrected chi connectivity index (χ2v) is 8.47. The van der Waals surface area contributed by atoms with Crippen LogP contribution in [0, 0.1) is 0 Å². The van der Waals surface area contributed by atoms with Crippen LogP contribution in [-0.2, 0) is 0 Å². The Morgan fingerprint density at radius 1 is 0.639 bits per heavy atom. The van der Waals surface area contributed by atoms with E-state index in [1.54, 1.807) is 12.2 Å². The number of hydrogen-bond acceptors (Lipinski definition) is 6. The van der Waals surface area contributed by atoms with Crippen molar-refractivity contribution in [1.29, 1.82) is 0 Å². The molecule has 0 aliphatic carbocycles. The first-order valence-electron chi connectivity index (χ1n) is 11.1. The predicted molar refractivity (Wildman–Crippen MR) is 150 cm³/mol. The molecular formula is C26H34Cl2N4O4. The maximum atomic E-state index is 12.6. The summed E-state index contributed by atoms with van der Waals surface area (Å²) < 4.78 is 11.4. The van der Waals surface area contributed by atoms with Crippen molar-refractivity contribution in [3.8, 4) is 11.5 Å². The highest BCUT2D eigenvalue weighted by Gasteiger charge is 2.00. The van der Waals surface area contributed by atoms with Crippen molar-refractivity contribution < 1.29 is 9.47 Å². The number of ether oxygens (including phenoxy) is 2. The minimum absolute atomic E-state index is 0. The number of benzene rings is 2. The molecule has 3 rings (SSSR count). The van der Waals surface area contributed by atoms with E-state index in [4.69, 9.17) is 9.47 Å². The van der Waals surface area contributed by atoms with Crippen LogP contribution >= 0.6 is 24.8 Å². The van der Waals surface area contributed by atoms with Gasteiger partial charge < -0.3 is 29.2 Å². The topological polar surface area (TPSA) is 90.7 Å². The lowest BCUT2D eigenvalue weighted by molar-refractivity contribution is 0.261. The first kappa shape index (κ1) is 31.0. The van der Waals surface area contributed by atoms with Crippen molar-refractivity contribution in [2.24, 2.45) is 0 Å². The molecule has 0 aliphatic heterocycles. The van der Waals surface area contributed by atoms with Gasteiger partial charge in [-0.05, 0) is 75.7 Å². The highest BCUT2D eigenvalue weighted by molar-refractivity contribution is 5.85. The molecule has 0 fully saturated rings. The molecule has 196 valence electrons. The number of H-pyrrole nitrogens is 2. The van der Waals surface area contributed by atoms with Crippen molar-refractivity contribution in [1.82, 2.24) is 19.8 Å². The maximum Gasteiger partial charge on any atom is 0.272 e. The SMILES string of the molecule is CN(C)CCOc1ccc(C=c2[nH]c(=O)c(=Cc3ccc(OCCN(C)C)cc3)[nH]c2=O)cc1.Cl.Cl. The van der Waals surface area contributed by atoms with Gasteiger partial charge in [-0.2, -0.15) is 0 Å². The van der Waals surface area contributed by atoms with Gasteiger partial charge in [0.15, 0.2) is 0 Å². The fourth-order valence-corrected chi connectivity index (χ4v) is 3.04. The molecule has 8 nitrogen and oxygen atoms in total. The lowest BCUT2D eigenvalue weighted by atomic mass is 10.2. The summed E-state index contributed by atoms with van der Waals surface area (Å²) in [6, 6.07) is 14.7. The predicted octanol–water partition coefficient (Wildman–Crippen LogP) is 1.45. The van der Waals surface area contributed by atoms with Gasteiger partial charge in [-0.15, -0.1) is 24.8 Å². The van der Waals surface area contributed by atoms with Crippen molar-refractivity contribution >= 4 is 37.0 Å². The molecule has 0 amide bonds. The zero-order valence-corrected chi connectivity index (χ0v) is 22.6. The smallest absolute Gasteiger partial charge is 0.272 e. The van der Waals surface area contributed by atoms with Crippen LogP contribution in [0.5, 0.6) is 11.5 Å². The Morgan fingerprint density at radius 3 is 1.28 bits per heavy atom. The molecule has 2 aromatic carbocycles. The molecule has 0 aliphatic rings. The molecule has 0 radical (unpaired) electrons. The van der Waals surface area contributed by atoms with Crippen LogP contribution in [0.25, 0.3) is 12.2 Å². The van der Waals surface area contributed by atoms with Crippen molar-refractivity contribution in [3.63, 3.8) is 0 Å². The molecule has 36 heavy (non-hydrogen) atoms. The van der Waals surface area contributed by atoms with Gasteiger partial charge in [0.2, 0.25) is 0 Å². The number of rotatable bonds is 10. The Morgan fingerprint density at radius 2 is 0.972 bits per heavy atom. The Balaban J connectivity index is 0.00000324. The molecule has 2 N–H and O–H groups in total. The third-order valence-corrected chi connectivity index (χ3v) is 4.98. The van der Waals surface area contributed by atoms with E-state index < -0.39 is 0 Å². The molecule has 0 bridgehead atoms. The number of likely N-dealkylation sites (N-methyl/N-ethyl adjacent to an activating group) is 2. The molecule has 1 aromatic heterocycles. The van der Waals surface area contributed by atoms with Gasteiger partial charge in [-0.25, -0.2) is 0 Å². The number of halogens is 2. The Bertz CT molecular complexity index is 1200. The van der Waals surface area contributed by atoms with E-state index in [1.807, 2.05) is 86.5 Å². The second-order valence-electron chi connectivity index (χ2n) is 8.47. The quantitative estimate of drug-likeness (QED) is 0.407. The summed E-state index contributed by atoms with van der Waals surface area (Å²) in [7, 11) is 7.95. The fourth-order valence-electron chi connectivity index (χ4n) is 3.04. The van der Waals surface area contributed by atoms with Gasteiger partial charge in [0.25, 0.3) is 11.1 Å². The van der Waals surface area contributed by atoms with E-state index in [9.17, 15) is 9.59 Å². The Labute approximate surface area is 223 Å². The number of hydrogen-bond donors (Lipinski definition) is 2. The first-order valence-corrected chi connectivity index (χ1v) is 11.1. The summed E-state index contributed by atoms with van der Waals surface area (Å²) in [5.41, 5.74) is 0.812. The van der Waals surface area contributed by atoms with Crippen LogP contribution in [0.3, 0.4) is 0 Å². The lowest BCUT2D eigenvalue weighted by Crippen LogP contribution is -2.46. The summed E-state index contributed by atoms with van der Waals surface area (Å²) in [5, 5.41) is 0.376. The molecule has 0 spiro atoms. The van der Waals surface area contributed by atoms with Gasteiger partial charge in [0.1, 0.15) is 35.4 Å². The average Bonchev–Trinajstić information content (AvgIpc) is 2.79. The lowest BCUT2D eigenvalue weighted by Gasteiger charge is -2.10. The normalized spacial score (nSPS) is 11.8. The van der Waals surface area contributed by atoms with Crippen LogP contribution in [0.2, 0.25) is 0 Å². The molecule has 10 heteroatoms. The molecular weight excluding hydrogens is 503 g/mol. The van der Waals surface area contributed by atoms with E-state index in [2.05, 4.69) is 9.97 Å². The van der Waals surface area contributed by atoms with Crippen LogP contribution < -0.4 is 31.3 Å². The first-order chi connectivity index (χ1) is 16.3. The van der Waals surface area contributed by atoms with E-state index in [-0.39, 0.29) is 46.6 Å². The monoisotopic (exact) mass is 536 g/mol. The van der Waals surface area contributed by atoms with Crippen LogP contribution in [0.4, 0.5) is 0 Å². The molecule has 0 unspecified atom stereocenters. The number of nitrogens with one attached hydrogen (secondary N) is 2. The molecule has 0 saturated heterocycles. The molecule has 3 aromatic rings. The van der Waals surface area contributed by atoms with E-state index >= 15 is 0 Å². The second kappa shape index (κ2) is 15.2. The number of aromatic amines is 2. The summed E-state index contributed by atoms with van der Waals surface area (Å²) in [6.45, 7) is 2.82. The van der Waals surface area contributed by atoms with Gasteiger partial charge in [0, 0.05) is 13.1 Å². The highest BCUT2D eigenvalue weighted by atomic mass is 35.5. The third kappa shape index (κ3) is 9.91. The van der Waals surface area contributed by atoms with Crippen LogP contribution in [-0.4, -0.2) is 74.3 Å². The Hall–Kier alpha value is -3.04. The Kier molecular flexibility index (Phi) is 13.0. The van der Waals surface area contributed by atoms with E-state index in [0.717, 1.165) is 35.7 Å². The van der Waals surface area contributed by atoms with Crippen molar-refractivity contribution in [2.45, 2.75) is 0 Å². The minimum atomic E-state index is -0.374. The van der Waals surface area contributed by atoms with Crippen LogP contribution in [0.15, 0.2) is 58.1 Å². The maximum absolute atomic E-state index is 12.6. The van der Waals surface area contributed by atoms with Gasteiger partial charge in [0.05, 0.1) is 0 Å². The third-order valence-electron chi connectivity index (χ3n) is 4.98.